The highest BCUT2D eigenvalue weighted by atomic mass is 16.2. The molecule has 0 bridgehead atoms. The fraction of sp³-hybridized carbons (Fsp3) is 0.238. The number of benzene rings is 4. The molecule has 0 saturated carbocycles. The van der Waals surface area contributed by atoms with E-state index in [2.05, 4.69) is 0 Å². The third kappa shape index (κ3) is 6.37. The summed E-state index contributed by atoms with van der Waals surface area (Å²) in [6, 6.07) is 26.4. The zero-order valence-corrected chi connectivity index (χ0v) is 30.3. The monoisotopic (exact) mass is 752 g/mol. The van der Waals surface area contributed by atoms with E-state index in [1.54, 1.807) is 97.1 Å². The molecule has 0 unspecified atom stereocenters. The van der Waals surface area contributed by atoms with E-state index in [0.717, 1.165) is 0 Å². The van der Waals surface area contributed by atoms with Gasteiger partial charge < -0.3 is 0 Å². The molecule has 8 amide bonds. The quantitative estimate of drug-likeness (QED) is 0.166. The highest BCUT2D eigenvalue weighted by Gasteiger charge is 2.39. The predicted octanol–water partition coefficient (Wildman–Crippen LogP) is 2.78. The maximum absolute atomic E-state index is 13.2. The minimum Gasteiger partial charge on any atom is -0.299 e. The van der Waals surface area contributed by atoms with E-state index in [1.165, 1.54) is 19.6 Å². The van der Waals surface area contributed by atoms with E-state index in [4.69, 9.17) is 0 Å². The zero-order valence-electron chi connectivity index (χ0n) is 30.3. The van der Waals surface area contributed by atoms with Gasteiger partial charge in [-0.05, 0) is 48.5 Å². The summed E-state index contributed by atoms with van der Waals surface area (Å²) >= 11 is 0. The number of imide groups is 4. The van der Waals surface area contributed by atoms with Gasteiger partial charge in [0.2, 0.25) is 0 Å². The Balaban J connectivity index is 0.995. The minimum absolute atomic E-state index is 0.0402. The standard InChI is InChI=1S/C42H36N6O8/c49-35-27-9-1-2-10-28(27)36(50)45(35)23-19-43(20-24-46-37(51)29-11-3-4-12-30(29)38(46)52)17-18-44(21-25-47-39(53)31-13-5-6-14-32(31)40(47)54)22-26-48-41(55)33-15-7-8-16-34(33)42(48)56/h1-16H,17-26H2. The fourth-order valence-corrected chi connectivity index (χ4v) is 7.69. The molecule has 282 valence electrons. The number of amides is 8. The summed E-state index contributed by atoms with van der Waals surface area (Å²) < 4.78 is 0. The Bertz CT molecular complexity index is 1900. The Labute approximate surface area is 321 Å². The lowest BCUT2D eigenvalue weighted by Gasteiger charge is -2.31. The fourth-order valence-electron chi connectivity index (χ4n) is 7.69. The molecule has 0 aliphatic carbocycles. The van der Waals surface area contributed by atoms with Gasteiger partial charge in [0.05, 0.1) is 44.5 Å². The Hall–Kier alpha value is -6.64. The SMILES string of the molecule is O=C1c2ccccc2C(=O)N1CCN(CCN(CCN1C(=O)c2ccccc2C1=O)CCN1C(=O)c2ccccc2C1=O)CCN1C(=O)c2ccccc2C1=O. The highest BCUT2D eigenvalue weighted by Crippen LogP contribution is 2.26. The van der Waals surface area contributed by atoms with E-state index in [0.29, 0.717) is 57.6 Å². The van der Waals surface area contributed by atoms with Crippen molar-refractivity contribution in [3.8, 4) is 0 Å². The lowest BCUT2D eigenvalue weighted by Crippen LogP contribution is -2.47. The Morgan fingerprint density at radius 2 is 0.429 bits per heavy atom. The largest absolute Gasteiger partial charge is 0.299 e. The molecule has 4 heterocycles. The second kappa shape index (κ2) is 14.9. The number of carbonyl (C=O) groups excluding carboxylic acids is 8. The molecule has 0 aromatic heterocycles. The van der Waals surface area contributed by atoms with Crippen LogP contribution in [0.2, 0.25) is 0 Å². The van der Waals surface area contributed by atoms with Gasteiger partial charge in [0.15, 0.2) is 0 Å². The molecule has 0 atom stereocenters. The van der Waals surface area contributed by atoms with Crippen molar-refractivity contribution in [2.75, 3.05) is 65.4 Å². The van der Waals surface area contributed by atoms with Gasteiger partial charge in [0.25, 0.3) is 47.3 Å². The molecule has 0 N–H and O–H groups in total. The molecular formula is C42H36N6O8. The normalized spacial score (nSPS) is 16.0. The second-order valence-corrected chi connectivity index (χ2v) is 13.9. The van der Waals surface area contributed by atoms with E-state index >= 15 is 0 Å². The van der Waals surface area contributed by atoms with Gasteiger partial charge in [-0.1, -0.05) is 48.5 Å². The first-order chi connectivity index (χ1) is 27.1. The maximum atomic E-state index is 13.2. The van der Waals surface area contributed by atoms with Gasteiger partial charge in [-0.15, -0.1) is 0 Å². The summed E-state index contributed by atoms with van der Waals surface area (Å²) in [6.07, 6.45) is 0. The van der Waals surface area contributed by atoms with Gasteiger partial charge in [-0.3, -0.25) is 67.8 Å². The van der Waals surface area contributed by atoms with Gasteiger partial charge in [-0.25, -0.2) is 0 Å². The van der Waals surface area contributed by atoms with Crippen LogP contribution in [0.1, 0.15) is 82.9 Å². The van der Waals surface area contributed by atoms with Crippen LogP contribution in [-0.4, -0.2) is 142 Å². The third-order valence-electron chi connectivity index (χ3n) is 10.8. The molecule has 0 radical (unpaired) electrons. The van der Waals surface area contributed by atoms with Crippen LogP contribution in [0.25, 0.3) is 0 Å². The van der Waals surface area contributed by atoms with Crippen molar-refractivity contribution in [2.24, 2.45) is 0 Å². The van der Waals surface area contributed by atoms with E-state index in [1.807, 2.05) is 9.80 Å². The van der Waals surface area contributed by atoms with E-state index in [-0.39, 0.29) is 52.4 Å². The van der Waals surface area contributed by atoms with Crippen LogP contribution in [0, 0.1) is 0 Å². The van der Waals surface area contributed by atoms with Gasteiger partial charge >= 0.3 is 0 Å². The highest BCUT2D eigenvalue weighted by molar-refractivity contribution is 6.23. The number of hydrogen-bond acceptors (Lipinski definition) is 10. The summed E-state index contributed by atoms with van der Waals surface area (Å²) in [5.74, 6) is -3.26. The van der Waals surface area contributed by atoms with Crippen molar-refractivity contribution in [3.63, 3.8) is 0 Å². The predicted molar refractivity (Wildman–Crippen MR) is 200 cm³/mol. The van der Waals surface area contributed by atoms with Crippen LogP contribution in [0.3, 0.4) is 0 Å². The number of hydrogen-bond donors (Lipinski definition) is 0. The van der Waals surface area contributed by atoms with Crippen molar-refractivity contribution in [1.82, 2.24) is 29.4 Å². The van der Waals surface area contributed by atoms with Gasteiger partial charge in [0.1, 0.15) is 0 Å². The topological polar surface area (TPSA) is 156 Å². The van der Waals surface area contributed by atoms with E-state index < -0.39 is 47.3 Å². The summed E-state index contributed by atoms with van der Waals surface area (Å²) in [4.78, 5) is 114. The van der Waals surface area contributed by atoms with Crippen LogP contribution in [0.4, 0.5) is 0 Å². The average Bonchev–Trinajstić information content (AvgIpc) is 3.81. The Morgan fingerprint density at radius 3 is 0.589 bits per heavy atom. The summed E-state index contributed by atoms with van der Waals surface area (Å²) in [7, 11) is 0. The van der Waals surface area contributed by atoms with Crippen molar-refractivity contribution >= 4 is 47.3 Å². The first kappa shape index (κ1) is 36.3. The molecule has 14 heteroatoms. The summed E-state index contributed by atoms with van der Waals surface area (Å²) in [6.45, 7) is 1.60. The lowest BCUT2D eigenvalue weighted by atomic mass is 10.1. The number of fused-ring (bicyclic) bond motifs is 4. The molecule has 4 aliphatic rings. The molecule has 0 spiro atoms. The minimum atomic E-state index is -0.408. The number of carbonyl (C=O) groups is 8. The van der Waals surface area contributed by atoms with Crippen LogP contribution in [-0.2, 0) is 0 Å². The van der Waals surface area contributed by atoms with Crippen LogP contribution in [0.5, 0.6) is 0 Å². The number of nitrogens with zero attached hydrogens (tertiary/aromatic N) is 6. The molecule has 14 nitrogen and oxygen atoms in total. The van der Waals surface area contributed by atoms with Gasteiger partial charge in [-0.2, -0.15) is 0 Å². The molecule has 8 rings (SSSR count). The maximum Gasteiger partial charge on any atom is 0.261 e. The summed E-state index contributed by atoms with van der Waals surface area (Å²) in [5.41, 5.74) is 2.57. The van der Waals surface area contributed by atoms with E-state index in [9.17, 15) is 38.4 Å². The molecule has 4 aliphatic heterocycles. The van der Waals surface area contributed by atoms with Crippen molar-refractivity contribution in [3.05, 3.63) is 142 Å². The molecule has 0 fully saturated rings. The smallest absolute Gasteiger partial charge is 0.261 e. The zero-order chi connectivity index (χ0) is 39.1. The molecule has 0 saturated heterocycles. The second-order valence-electron chi connectivity index (χ2n) is 13.9. The average molecular weight is 753 g/mol. The first-order valence-corrected chi connectivity index (χ1v) is 18.4. The van der Waals surface area contributed by atoms with Gasteiger partial charge in [0, 0.05) is 65.4 Å². The van der Waals surface area contributed by atoms with Crippen molar-refractivity contribution < 1.29 is 38.4 Å². The Kier molecular flexibility index (Phi) is 9.66. The lowest BCUT2D eigenvalue weighted by molar-refractivity contribution is 0.0566. The summed E-state index contributed by atoms with van der Waals surface area (Å²) in [5, 5.41) is 0. The molecule has 56 heavy (non-hydrogen) atoms. The third-order valence-corrected chi connectivity index (χ3v) is 10.8. The van der Waals surface area contributed by atoms with Crippen LogP contribution in [0.15, 0.2) is 97.1 Å². The first-order valence-electron chi connectivity index (χ1n) is 18.4. The molecule has 4 aromatic carbocycles. The Morgan fingerprint density at radius 1 is 0.268 bits per heavy atom. The van der Waals surface area contributed by atoms with Crippen molar-refractivity contribution in [1.29, 1.82) is 0 Å². The molecular weight excluding hydrogens is 716 g/mol. The molecule has 4 aromatic rings. The van der Waals surface area contributed by atoms with Crippen LogP contribution < -0.4 is 0 Å². The van der Waals surface area contributed by atoms with Crippen LogP contribution >= 0.6 is 0 Å². The van der Waals surface area contributed by atoms with Crippen molar-refractivity contribution in [2.45, 2.75) is 0 Å². The number of rotatable bonds is 15.